The Morgan fingerprint density at radius 3 is 3.08 bits per heavy atom. The van der Waals surface area contributed by atoms with Crippen LogP contribution < -0.4 is 10.1 Å². The minimum Gasteiger partial charge on any atom is -0.486 e. The van der Waals surface area contributed by atoms with E-state index in [1.165, 1.54) is 11.3 Å². The predicted molar refractivity (Wildman–Crippen MR) is 96.0 cm³/mol. The van der Waals surface area contributed by atoms with Gasteiger partial charge < -0.3 is 19.8 Å². The average Bonchev–Trinajstić information content (AvgIpc) is 3.17. The normalized spacial score (nSPS) is 16.6. The molecular formula is C17H16ClN3O3S. The third kappa shape index (κ3) is 3.63. The van der Waals surface area contributed by atoms with Gasteiger partial charge in [-0.1, -0.05) is 11.6 Å². The zero-order valence-electron chi connectivity index (χ0n) is 13.3. The Kier molecular flexibility index (Phi) is 4.61. The van der Waals surface area contributed by atoms with Gasteiger partial charge in [-0.25, -0.2) is 4.98 Å². The summed E-state index contributed by atoms with van der Waals surface area (Å²) in [5.41, 5.74) is 4.44. The molecule has 4 rings (SSSR count). The summed E-state index contributed by atoms with van der Waals surface area (Å²) in [5.74, 6) is 0.526. The number of aromatic nitrogens is 2. The van der Waals surface area contributed by atoms with Crippen LogP contribution in [0.5, 0.6) is 5.75 Å². The van der Waals surface area contributed by atoms with Crippen LogP contribution in [0, 0.1) is 0 Å². The summed E-state index contributed by atoms with van der Waals surface area (Å²) < 4.78 is 10.9. The summed E-state index contributed by atoms with van der Waals surface area (Å²) >= 11 is 7.83. The summed E-state index contributed by atoms with van der Waals surface area (Å²) in [7, 11) is 0. The highest BCUT2D eigenvalue weighted by atomic mass is 35.5. The van der Waals surface area contributed by atoms with Gasteiger partial charge in [0.15, 0.2) is 0 Å². The number of rotatable bonds is 6. The Morgan fingerprint density at radius 1 is 1.48 bits per heavy atom. The average molecular weight is 378 g/mol. The number of fused-ring (bicyclic) bond motifs is 1. The van der Waals surface area contributed by atoms with Crippen molar-refractivity contribution in [2.45, 2.75) is 25.7 Å². The van der Waals surface area contributed by atoms with Gasteiger partial charge >= 0.3 is 0 Å². The minimum atomic E-state index is -0.301. The SMILES string of the molecule is O=C(NCc1cc2cc(Cl)c(OCc3cscn3)cc2[nH]1)[C@@H]1CCO1. The predicted octanol–water partition coefficient (Wildman–Crippen LogP) is 3.26. The van der Waals surface area contributed by atoms with Crippen LogP contribution in [0.2, 0.25) is 5.02 Å². The standard InChI is InChI=1S/C17H16ClN3O3S/c18-13-4-10-3-11(6-19-17(22)15-1-2-23-15)21-14(10)5-16(13)24-7-12-8-25-9-20-12/h3-5,8-9,15,21H,1-2,6-7H2,(H,19,22)/t15-/m0/s1. The first-order valence-electron chi connectivity index (χ1n) is 7.89. The lowest BCUT2D eigenvalue weighted by Crippen LogP contribution is -2.42. The molecule has 1 saturated heterocycles. The number of H-pyrrole nitrogens is 1. The van der Waals surface area contributed by atoms with E-state index in [4.69, 9.17) is 21.1 Å². The molecule has 3 aromatic rings. The fourth-order valence-electron chi connectivity index (χ4n) is 2.60. The van der Waals surface area contributed by atoms with Crippen LogP contribution in [0.25, 0.3) is 10.9 Å². The lowest BCUT2D eigenvalue weighted by molar-refractivity contribution is -0.145. The molecule has 2 N–H and O–H groups in total. The molecule has 3 heterocycles. The van der Waals surface area contributed by atoms with E-state index < -0.39 is 0 Å². The number of amides is 1. The van der Waals surface area contributed by atoms with Crippen LogP contribution in [-0.4, -0.2) is 28.6 Å². The van der Waals surface area contributed by atoms with E-state index in [-0.39, 0.29) is 12.0 Å². The van der Waals surface area contributed by atoms with Crippen molar-refractivity contribution in [3.8, 4) is 5.75 Å². The molecule has 1 aliphatic rings. The Labute approximate surface area is 153 Å². The third-order valence-corrected chi connectivity index (χ3v) is 4.96. The van der Waals surface area contributed by atoms with Gasteiger partial charge in [-0.2, -0.15) is 0 Å². The smallest absolute Gasteiger partial charge is 0.249 e. The molecule has 0 bridgehead atoms. The Hall–Kier alpha value is -2.09. The fourth-order valence-corrected chi connectivity index (χ4v) is 3.37. The highest BCUT2D eigenvalue weighted by Gasteiger charge is 2.25. The maximum Gasteiger partial charge on any atom is 0.249 e. The fraction of sp³-hybridized carbons (Fsp3) is 0.294. The van der Waals surface area contributed by atoms with Gasteiger partial charge in [0.1, 0.15) is 18.5 Å². The summed E-state index contributed by atoms with van der Waals surface area (Å²) in [6, 6.07) is 5.68. The maximum absolute atomic E-state index is 11.8. The van der Waals surface area contributed by atoms with Crippen molar-refractivity contribution in [2.24, 2.45) is 0 Å². The molecular weight excluding hydrogens is 362 g/mol. The van der Waals surface area contributed by atoms with Crippen molar-refractivity contribution in [3.05, 3.63) is 45.5 Å². The number of nitrogens with zero attached hydrogens (tertiary/aromatic N) is 1. The lowest BCUT2D eigenvalue weighted by atomic mass is 10.2. The van der Waals surface area contributed by atoms with Gasteiger partial charge in [0.2, 0.25) is 5.91 Å². The van der Waals surface area contributed by atoms with Crippen molar-refractivity contribution in [1.29, 1.82) is 0 Å². The molecule has 0 saturated carbocycles. The van der Waals surface area contributed by atoms with Crippen molar-refractivity contribution < 1.29 is 14.3 Å². The second-order valence-corrected chi connectivity index (χ2v) is 6.92. The first-order chi connectivity index (χ1) is 12.2. The number of thiazole rings is 1. The molecule has 0 unspecified atom stereocenters. The number of nitrogens with one attached hydrogen (secondary N) is 2. The molecule has 1 aliphatic heterocycles. The van der Waals surface area contributed by atoms with Crippen molar-refractivity contribution >= 4 is 39.7 Å². The maximum atomic E-state index is 11.8. The van der Waals surface area contributed by atoms with E-state index in [0.29, 0.717) is 30.5 Å². The second kappa shape index (κ2) is 7.03. The number of hydrogen-bond donors (Lipinski definition) is 2. The summed E-state index contributed by atoms with van der Waals surface area (Å²) in [6.07, 6.45) is 0.484. The Bertz CT molecular complexity index is 890. The topological polar surface area (TPSA) is 76.2 Å². The third-order valence-electron chi connectivity index (χ3n) is 4.03. The Balaban J connectivity index is 1.45. The highest BCUT2D eigenvalue weighted by molar-refractivity contribution is 7.07. The van der Waals surface area contributed by atoms with E-state index in [1.807, 2.05) is 23.6 Å². The molecule has 0 radical (unpaired) electrons. The van der Waals surface area contributed by atoms with Gasteiger partial charge in [0.25, 0.3) is 0 Å². The summed E-state index contributed by atoms with van der Waals surface area (Å²) in [6.45, 7) is 1.45. The van der Waals surface area contributed by atoms with E-state index in [2.05, 4.69) is 15.3 Å². The van der Waals surface area contributed by atoms with E-state index in [1.54, 1.807) is 5.51 Å². The van der Waals surface area contributed by atoms with Crippen LogP contribution in [0.3, 0.4) is 0 Å². The molecule has 1 aromatic carbocycles. The lowest BCUT2D eigenvalue weighted by Gasteiger charge is -2.24. The zero-order valence-corrected chi connectivity index (χ0v) is 14.8. The van der Waals surface area contributed by atoms with Gasteiger partial charge in [-0.3, -0.25) is 4.79 Å². The summed E-state index contributed by atoms with van der Waals surface area (Å²) in [5, 5.41) is 6.32. The van der Waals surface area contributed by atoms with Gasteiger partial charge in [0.05, 0.1) is 29.4 Å². The molecule has 0 spiro atoms. The monoisotopic (exact) mass is 377 g/mol. The van der Waals surface area contributed by atoms with Crippen LogP contribution in [-0.2, 0) is 22.7 Å². The largest absolute Gasteiger partial charge is 0.486 e. The molecule has 1 amide bonds. The minimum absolute atomic E-state index is 0.0739. The number of carbonyl (C=O) groups excluding carboxylic acids is 1. The number of aromatic amines is 1. The molecule has 2 aromatic heterocycles. The van der Waals surface area contributed by atoms with Crippen LogP contribution in [0.15, 0.2) is 29.1 Å². The van der Waals surface area contributed by atoms with Gasteiger partial charge in [-0.15, -0.1) is 11.3 Å². The van der Waals surface area contributed by atoms with E-state index in [9.17, 15) is 4.79 Å². The first-order valence-corrected chi connectivity index (χ1v) is 9.21. The molecule has 6 nitrogen and oxygen atoms in total. The molecule has 8 heteroatoms. The zero-order chi connectivity index (χ0) is 17.2. The molecule has 25 heavy (non-hydrogen) atoms. The van der Waals surface area contributed by atoms with E-state index >= 15 is 0 Å². The van der Waals surface area contributed by atoms with Gasteiger partial charge in [-0.05, 0) is 12.1 Å². The number of ether oxygens (including phenoxy) is 2. The number of halogens is 1. The number of benzene rings is 1. The number of hydrogen-bond acceptors (Lipinski definition) is 5. The summed E-state index contributed by atoms with van der Waals surface area (Å²) in [4.78, 5) is 19.3. The number of carbonyl (C=O) groups is 1. The highest BCUT2D eigenvalue weighted by Crippen LogP contribution is 2.31. The molecule has 1 atom stereocenters. The van der Waals surface area contributed by atoms with Crippen LogP contribution in [0.1, 0.15) is 17.8 Å². The van der Waals surface area contributed by atoms with Crippen molar-refractivity contribution in [3.63, 3.8) is 0 Å². The molecule has 130 valence electrons. The first kappa shape index (κ1) is 16.4. The quantitative estimate of drug-likeness (QED) is 0.691. The van der Waals surface area contributed by atoms with E-state index in [0.717, 1.165) is 28.7 Å². The Morgan fingerprint density at radius 2 is 2.36 bits per heavy atom. The van der Waals surface area contributed by atoms with Crippen LogP contribution >= 0.6 is 22.9 Å². The molecule has 0 aliphatic carbocycles. The van der Waals surface area contributed by atoms with Crippen molar-refractivity contribution in [2.75, 3.05) is 6.61 Å². The van der Waals surface area contributed by atoms with Crippen LogP contribution in [0.4, 0.5) is 0 Å². The molecule has 1 fully saturated rings. The van der Waals surface area contributed by atoms with Gasteiger partial charge in [0, 0.05) is 34.5 Å². The second-order valence-electron chi connectivity index (χ2n) is 5.80. The van der Waals surface area contributed by atoms with Crippen molar-refractivity contribution in [1.82, 2.24) is 15.3 Å².